The van der Waals surface area contributed by atoms with Gasteiger partial charge in [0, 0.05) is 40.7 Å². The van der Waals surface area contributed by atoms with Crippen molar-refractivity contribution in [2.24, 2.45) is 0 Å². The molecule has 0 radical (unpaired) electrons. The molecule has 0 aliphatic carbocycles. The van der Waals surface area contributed by atoms with Gasteiger partial charge in [0.2, 0.25) is 12.3 Å². The van der Waals surface area contributed by atoms with Crippen LogP contribution in [0.4, 0.5) is 20.4 Å². The van der Waals surface area contributed by atoms with Gasteiger partial charge in [-0.15, -0.1) is 15.3 Å². The maximum absolute atomic E-state index is 13.7. The van der Waals surface area contributed by atoms with Gasteiger partial charge < -0.3 is 19.6 Å². The van der Waals surface area contributed by atoms with Gasteiger partial charge in [-0.1, -0.05) is 33.9 Å². The molecule has 0 spiro atoms. The van der Waals surface area contributed by atoms with E-state index in [1.54, 1.807) is 43.7 Å². The van der Waals surface area contributed by atoms with Crippen molar-refractivity contribution in [2.75, 3.05) is 10.6 Å². The minimum atomic E-state index is -0.937. The number of carbonyl (C=O) groups is 2. The quantitative estimate of drug-likeness (QED) is 0.151. The van der Waals surface area contributed by atoms with Crippen molar-refractivity contribution in [3.05, 3.63) is 149 Å². The molecule has 56 heavy (non-hydrogen) atoms. The first-order valence-corrected chi connectivity index (χ1v) is 17.6. The van der Waals surface area contributed by atoms with Crippen molar-refractivity contribution in [2.45, 2.75) is 20.8 Å². The van der Waals surface area contributed by atoms with Crippen LogP contribution in [0.15, 0.2) is 119 Å². The summed E-state index contributed by atoms with van der Waals surface area (Å²) in [6, 6.07) is 23.8. The van der Waals surface area contributed by atoms with Gasteiger partial charge in [-0.25, -0.2) is 18.7 Å². The van der Waals surface area contributed by atoms with Gasteiger partial charge in [0.05, 0.1) is 11.9 Å². The molecule has 5 heterocycles. The molecule has 2 amide bonds. The molecule has 0 unspecified atom stereocenters. The van der Waals surface area contributed by atoms with E-state index >= 15 is 0 Å². The van der Waals surface area contributed by atoms with Crippen molar-refractivity contribution >= 4 is 35.0 Å². The monoisotopic (exact) mass is 769 g/mol. The molecule has 0 bridgehead atoms. The van der Waals surface area contributed by atoms with Crippen molar-refractivity contribution in [3.63, 3.8) is 0 Å². The van der Waals surface area contributed by atoms with Crippen LogP contribution in [0.2, 0.25) is 0 Å². The summed E-state index contributed by atoms with van der Waals surface area (Å²) in [4.78, 5) is 33.5. The Morgan fingerprint density at radius 1 is 0.696 bits per heavy atom. The second-order valence-electron chi connectivity index (χ2n) is 12.2. The molecule has 0 aliphatic rings. The second-order valence-corrected chi connectivity index (χ2v) is 13.0. The Morgan fingerprint density at radius 3 is 1.84 bits per heavy atom. The highest BCUT2D eigenvalue weighted by atomic mass is 32.1. The van der Waals surface area contributed by atoms with Gasteiger partial charge in [-0.3, -0.25) is 9.59 Å². The van der Waals surface area contributed by atoms with Crippen LogP contribution in [-0.2, 0) is 0 Å². The highest BCUT2D eigenvalue weighted by Gasteiger charge is 2.18. The average Bonchev–Trinajstić information content (AvgIpc) is 4.01. The Kier molecular flexibility index (Phi) is 10.8. The summed E-state index contributed by atoms with van der Waals surface area (Å²) in [6.07, 6.45) is 6.17. The van der Waals surface area contributed by atoms with Gasteiger partial charge in [-0.05, 0) is 109 Å². The van der Waals surface area contributed by atoms with E-state index in [0.717, 1.165) is 68.2 Å². The van der Waals surface area contributed by atoms with Crippen molar-refractivity contribution in [1.82, 2.24) is 34.9 Å². The van der Waals surface area contributed by atoms with Crippen molar-refractivity contribution in [3.8, 4) is 45.0 Å². The average molecular weight is 770 g/mol. The number of aromatic nitrogens is 7. The zero-order chi connectivity index (χ0) is 39.2. The number of hydrogen-bond donors (Lipinski definition) is 2. The molecule has 3 aromatic carbocycles. The van der Waals surface area contributed by atoms with E-state index in [0.29, 0.717) is 28.0 Å². The number of carbonyl (C=O) groups excluding carboxylic acids is 2. The lowest BCUT2D eigenvalue weighted by molar-refractivity contribution is 0.101. The fourth-order valence-electron chi connectivity index (χ4n) is 5.58. The van der Waals surface area contributed by atoms with Gasteiger partial charge in [0.1, 0.15) is 33.7 Å². The lowest BCUT2D eigenvalue weighted by atomic mass is 9.98. The van der Waals surface area contributed by atoms with E-state index in [1.807, 2.05) is 62.4 Å². The first-order valence-electron chi connectivity index (χ1n) is 16.8. The lowest BCUT2D eigenvalue weighted by Crippen LogP contribution is -2.16. The number of halogens is 2. The van der Waals surface area contributed by atoms with Gasteiger partial charge >= 0.3 is 0 Å². The molecule has 8 rings (SSSR count). The maximum Gasteiger partial charge on any atom is 0.270 e. The summed E-state index contributed by atoms with van der Waals surface area (Å²) in [7, 11) is 0. The second kappa shape index (κ2) is 16.4. The molecule has 5 aromatic heterocycles. The summed E-state index contributed by atoms with van der Waals surface area (Å²) >= 11 is 1.06. The summed E-state index contributed by atoms with van der Waals surface area (Å²) < 4.78 is 41.7. The van der Waals surface area contributed by atoms with Crippen molar-refractivity contribution < 1.29 is 27.3 Å². The maximum atomic E-state index is 13.7. The molecule has 0 aliphatic heterocycles. The number of hydrogen-bond acceptors (Lipinski definition) is 12. The Balaban J connectivity index is 0.000000172. The number of nitrogens with one attached hydrogen (secondary N) is 2. The van der Waals surface area contributed by atoms with E-state index in [9.17, 15) is 18.4 Å². The molecule has 2 N–H and O–H groups in total. The van der Waals surface area contributed by atoms with Crippen LogP contribution in [0.25, 0.3) is 45.0 Å². The van der Waals surface area contributed by atoms with E-state index in [4.69, 9.17) is 8.94 Å². The van der Waals surface area contributed by atoms with Crippen LogP contribution >= 0.6 is 11.5 Å². The minimum Gasteiger partial charge on any atom is -0.423 e. The molecule has 0 fully saturated rings. The van der Waals surface area contributed by atoms with Crippen LogP contribution in [0, 0.1) is 32.4 Å². The number of anilines is 2. The Bertz CT molecular complexity index is 2610. The van der Waals surface area contributed by atoms with Gasteiger partial charge in [0.15, 0.2) is 5.76 Å². The molecule has 13 nitrogen and oxygen atoms in total. The summed E-state index contributed by atoms with van der Waals surface area (Å²) in [5.74, 6) is -1.29. The Morgan fingerprint density at radius 2 is 1.30 bits per heavy atom. The predicted octanol–water partition coefficient (Wildman–Crippen LogP) is 8.76. The zero-order valence-electron chi connectivity index (χ0n) is 29.8. The third kappa shape index (κ3) is 8.24. The largest absolute Gasteiger partial charge is 0.423 e. The van der Waals surface area contributed by atoms with Crippen LogP contribution < -0.4 is 10.6 Å². The molecule has 8 aromatic rings. The number of pyridine rings is 2. The molecule has 0 saturated carbocycles. The fourth-order valence-corrected chi connectivity index (χ4v) is 6.13. The van der Waals surface area contributed by atoms with E-state index in [-0.39, 0.29) is 11.7 Å². The topological polar surface area (TPSA) is 175 Å². The number of amides is 2. The van der Waals surface area contributed by atoms with Crippen LogP contribution in [0.5, 0.6) is 0 Å². The normalized spacial score (nSPS) is 10.7. The summed E-state index contributed by atoms with van der Waals surface area (Å²) in [5, 5.41) is 20.4. The standard InChI is InChI=1S/C21H14F2N4O2.C19H15N5O2S/c1-12-5-6-13(21-27-25-11-29-21)9-15(12)14-7-8-18(24-10-14)26-20(28)19-16(22)3-2-4-17(19)23;1-11-3-4-13(16-7-8-21-26-16)9-15(11)14-5-6-17(20-10-14)22-19(25)18-12(2)23-24-27-18/h2-11H,1H3,(H,24,26,28);3-10H,1-2H3,(H,20,22,25). The lowest BCUT2D eigenvalue weighted by Gasteiger charge is -2.09. The number of rotatable bonds is 8. The smallest absolute Gasteiger partial charge is 0.270 e. The predicted molar refractivity (Wildman–Crippen MR) is 205 cm³/mol. The van der Waals surface area contributed by atoms with Crippen molar-refractivity contribution in [1.29, 1.82) is 0 Å². The van der Waals surface area contributed by atoms with E-state index in [1.165, 1.54) is 12.5 Å². The summed E-state index contributed by atoms with van der Waals surface area (Å²) in [6.45, 7) is 5.73. The van der Waals surface area contributed by atoms with Gasteiger partial charge in [-0.2, -0.15) is 0 Å². The molecule has 0 atom stereocenters. The molecule has 278 valence electrons. The number of benzene rings is 3. The minimum absolute atomic E-state index is 0.173. The third-order valence-corrected chi connectivity index (χ3v) is 9.31. The third-order valence-electron chi connectivity index (χ3n) is 8.48. The molecule has 0 saturated heterocycles. The first-order chi connectivity index (χ1) is 27.1. The Hall–Kier alpha value is -7.33. The first kappa shape index (κ1) is 37.0. The highest BCUT2D eigenvalue weighted by Crippen LogP contribution is 2.31. The highest BCUT2D eigenvalue weighted by molar-refractivity contribution is 7.08. The molecular weight excluding hydrogens is 741 g/mol. The number of nitrogens with zero attached hydrogens (tertiary/aromatic N) is 7. The Labute approximate surface area is 321 Å². The van der Waals surface area contributed by atoms with Crippen LogP contribution in [-0.4, -0.2) is 46.7 Å². The zero-order valence-corrected chi connectivity index (χ0v) is 30.6. The van der Waals surface area contributed by atoms with E-state index in [2.05, 4.69) is 45.5 Å². The SMILES string of the molecule is Cc1ccc(-c2ccno2)cc1-c1ccc(NC(=O)c2snnc2C)nc1.Cc1ccc(-c2nnco2)cc1-c1ccc(NC(=O)c2c(F)cccc2F)nc1. The van der Waals surface area contributed by atoms with E-state index < -0.39 is 23.1 Å². The van der Waals surface area contributed by atoms with Crippen LogP contribution in [0.1, 0.15) is 36.9 Å². The van der Waals surface area contributed by atoms with Gasteiger partial charge in [0.25, 0.3) is 11.8 Å². The summed E-state index contributed by atoms with van der Waals surface area (Å²) in [5.41, 5.74) is 7.44. The molecular formula is C40H29F2N9O4S. The van der Waals surface area contributed by atoms with Crippen LogP contribution in [0.3, 0.4) is 0 Å². The fraction of sp³-hybridized carbons (Fsp3) is 0.0750. The molecule has 16 heteroatoms. The number of aryl methyl sites for hydroxylation is 3.